The number of halogens is 3. The smallest absolute Gasteiger partial charge is 0.165 e. The Morgan fingerprint density at radius 1 is 0.818 bits per heavy atom. The van der Waals surface area contributed by atoms with Crippen LogP contribution >= 0.6 is 0 Å². The predicted octanol–water partition coefficient (Wildman–Crippen LogP) is 6.62. The summed E-state index contributed by atoms with van der Waals surface area (Å²) in [7, 11) is 1.43. The van der Waals surface area contributed by atoms with E-state index < -0.39 is 17.5 Å². The van der Waals surface area contributed by atoms with E-state index in [0.29, 0.717) is 17.7 Å². The van der Waals surface area contributed by atoms with Crippen LogP contribution in [0.4, 0.5) is 13.2 Å². The summed E-state index contributed by atoms with van der Waals surface area (Å²) in [6.45, 7) is 0.484. The lowest BCUT2D eigenvalue weighted by Gasteiger charge is -2.30. The number of aliphatic hydroxyl groups is 1. The van der Waals surface area contributed by atoms with Gasteiger partial charge in [0.2, 0.25) is 0 Å². The van der Waals surface area contributed by atoms with Gasteiger partial charge in [0.15, 0.2) is 23.2 Å². The van der Waals surface area contributed by atoms with Gasteiger partial charge in [-0.2, -0.15) is 0 Å². The number of hydrogen-bond donors (Lipinski definition) is 1. The molecule has 0 spiro atoms. The van der Waals surface area contributed by atoms with Crippen molar-refractivity contribution in [2.75, 3.05) is 13.7 Å². The number of hydrogen-bond acceptors (Lipinski definition) is 3. The van der Waals surface area contributed by atoms with Crippen molar-refractivity contribution in [3.8, 4) is 5.75 Å². The van der Waals surface area contributed by atoms with E-state index >= 15 is 4.39 Å². The molecule has 2 aliphatic carbocycles. The van der Waals surface area contributed by atoms with Gasteiger partial charge in [-0.3, -0.25) is 0 Å². The largest absolute Gasteiger partial charge is 0.494 e. The monoisotopic (exact) mass is 462 g/mol. The summed E-state index contributed by atoms with van der Waals surface area (Å²) < 4.78 is 54.7. The van der Waals surface area contributed by atoms with Crippen LogP contribution in [-0.4, -0.2) is 24.9 Å². The van der Waals surface area contributed by atoms with Crippen molar-refractivity contribution in [1.29, 1.82) is 0 Å². The molecule has 0 amide bonds. The average Bonchev–Trinajstić information content (AvgIpc) is 2.85. The topological polar surface area (TPSA) is 38.7 Å². The van der Waals surface area contributed by atoms with Gasteiger partial charge in [-0.05, 0) is 97.9 Å². The fourth-order valence-electron chi connectivity index (χ4n) is 5.42. The molecule has 180 valence electrons. The van der Waals surface area contributed by atoms with Crippen LogP contribution in [0.25, 0.3) is 0 Å². The van der Waals surface area contributed by atoms with Crippen LogP contribution in [0.15, 0.2) is 30.3 Å². The minimum Gasteiger partial charge on any atom is -0.494 e. The van der Waals surface area contributed by atoms with Crippen LogP contribution < -0.4 is 4.74 Å². The first-order chi connectivity index (χ1) is 16.0. The Kier molecular flexibility index (Phi) is 7.97. The lowest BCUT2D eigenvalue weighted by molar-refractivity contribution is 0.0130. The third-order valence-corrected chi connectivity index (χ3v) is 7.50. The molecule has 0 radical (unpaired) electrons. The molecule has 0 aromatic heterocycles. The van der Waals surface area contributed by atoms with E-state index in [1.165, 1.54) is 13.2 Å². The van der Waals surface area contributed by atoms with Crippen molar-refractivity contribution < 1.29 is 27.8 Å². The maximum atomic E-state index is 15.0. The van der Waals surface area contributed by atoms with Crippen molar-refractivity contribution >= 4 is 0 Å². The van der Waals surface area contributed by atoms with Crippen LogP contribution in [0.5, 0.6) is 5.75 Å². The Bertz CT molecular complexity index is 932. The Labute approximate surface area is 193 Å². The van der Waals surface area contributed by atoms with Crippen LogP contribution in [0.2, 0.25) is 0 Å². The second-order valence-corrected chi connectivity index (χ2v) is 9.53. The molecule has 2 fully saturated rings. The molecule has 2 aromatic carbocycles. The van der Waals surface area contributed by atoms with E-state index in [1.54, 1.807) is 24.3 Å². The SMILES string of the molecule is COc1ccc(COC2CCC(c3ccc(C4CCC(CO)CC4)c(F)c3F)CC2)cc1F. The van der Waals surface area contributed by atoms with Gasteiger partial charge in [0.05, 0.1) is 19.8 Å². The van der Waals surface area contributed by atoms with Crippen molar-refractivity contribution in [3.63, 3.8) is 0 Å². The molecule has 2 saturated carbocycles. The van der Waals surface area contributed by atoms with Crippen molar-refractivity contribution in [3.05, 3.63) is 64.5 Å². The third kappa shape index (κ3) is 5.55. The summed E-state index contributed by atoms with van der Waals surface area (Å²) in [6, 6.07) is 8.34. The van der Waals surface area contributed by atoms with Crippen LogP contribution in [0.1, 0.15) is 79.9 Å². The molecule has 0 aliphatic heterocycles. The zero-order chi connectivity index (χ0) is 23.4. The molecule has 0 atom stereocenters. The molecule has 0 heterocycles. The van der Waals surface area contributed by atoms with Gasteiger partial charge in [-0.25, -0.2) is 13.2 Å². The first kappa shape index (κ1) is 24.1. The molecule has 2 aliphatic rings. The van der Waals surface area contributed by atoms with Gasteiger partial charge in [0.25, 0.3) is 0 Å². The first-order valence-electron chi connectivity index (χ1n) is 12.0. The standard InChI is InChI=1S/C27H33F3O3/c1-32-25-13-4-18(14-24(25)28)16-33-21-9-7-20(8-10-21)23-12-11-22(26(29)27(23)30)19-5-2-17(15-31)3-6-19/h4,11-14,17,19-21,31H,2-3,5-10,15-16H2,1H3. The first-order valence-corrected chi connectivity index (χ1v) is 12.0. The third-order valence-electron chi connectivity index (χ3n) is 7.50. The second kappa shape index (κ2) is 10.9. The van der Waals surface area contributed by atoms with E-state index in [1.807, 2.05) is 0 Å². The maximum Gasteiger partial charge on any atom is 0.165 e. The Hall–Kier alpha value is -2.05. The minimum atomic E-state index is -0.699. The normalized spacial score (nSPS) is 25.7. The quantitative estimate of drug-likeness (QED) is 0.502. The van der Waals surface area contributed by atoms with Gasteiger partial charge in [-0.15, -0.1) is 0 Å². The van der Waals surface area contributed by atoms with Crippen LogP contribution in [0, 0.1) is 23.4 Å². The molecule has 2 aromatic rings. The fraction of sp³-hybridized carbons (Fsp3) is 0.556. The van der Waals surface area contributed by atoms with Gasteiger partial charge >= 0.3 is 0 Å². The Balaban J connectivity index is 1.32. The predicted molar refractivity (Wildman–Crippen MR) is 121 cm³/mol. The summed E-state index contributed by atoms with van der Waals surface area (Å²) in [5.74, 6) is -1.30. The maximum absolute atomic E-state index is 15.0. The highest BCUT2D eigenvalue weighted by Gasteiger charge is 2.29. The number of rotatable bonds is 7. The molecular formula is C27H33F3O3. The zero-order valence-electron chi connectivity index (χ0n) is 19.2. The summed E-state index contributed by atoms with van der Waals surface area (Å²) >= 11 is 0. The molecule has 0 unspecified atom stereocenters. The number of benzene rings is 2. The highest BCUT2D eigenvalue weighted by atomic mass is 19.2. The van der Waals surface area contributed by atoms with Gasteiger partial charge in [0.1, 0.15) is 0 Å². The highest BCUT2D eigenvalue weighted by Crippen LogP contribution is 2.40. The summed E-state index contributed by atoms with van der Waals surface area (Å²) in [5, 5.41) is 9.31. The summed E-state index contributed by atoms with van der Waals surface area (Å²) in [4.78, 5) is 0. The summed E-state index contributed by atoms with van der Waals surface area (Å²) in [6.07, 6.45) is 6.32. The van der Waals surface area contributed by atoms with Crippen molar-refractivity contribution in [2.45, 2.75) is 75.9 Å². The molecule has 3 nitrogen and oxygen atoms in total. The van der Waals surface area contributed by atoms with Crippen LogP contribution in [0.3, 0.4) is 0 Å². The molecule has 4 rings (SSSR count). The molecule has 6 heteroatoms. The molecular weight excluding hydrogens is 429 g/mol. The van der Waals surface area contributed by atoms with E-state index in [0.717, 1.165) is 56.9 Å². The highest BCUT2D eigenvalue weighted by molar-refractivity contribution is 5.32. The lowest BCUT2D eigenvalue weighted by atomic mass is 9.77. The molecule has 0 bridgehead atoms. The number of methoxy groups -OCH3 is 1. The van der Waals surface area contributed by atoms with E-state index in [-0.39, 0.29) is 36.2 Å². The number of aliphatic hydroxyl groups excluding tert-OH is 1. The Morgan fingerprint density at radius 3 is 1.91 bits per heavy atom. The second-order valence-electron chi connectivity index (χ2n) is 9.53. The van der Waals surface area contributed by atoms with E-state index in [9.17, 15) is 13.9 Å². The zero-order valence-corrected chi connectivity index (χ0v) is 19.2. The lowest BCUT2D eigenvalue weighted by Crippen LogP contribution is -2.22. The number of ether oxygens (including phenoxy) is 2. The van der Waals surface area contributed by atoms with E-state index in [4.69, 9.17) is 9.47 Å². The van der Waals surface area contributed by atoms with E-state index in [2.05, 4.69) is 0 Å². The Morgan fingerprint density at radius 2 is 1.39 bits per heavy atom. The van der Waals surface area contributed by atoms with Gasteiger partial charge in [-0.1, -0.05) is 18.2 Å². The average molecular weight is 463 g/mol. The van der Waals surface area contributed by atoms with Gasteiger partial charge in [0, 0.05) is 6.61 Å². The minimum absolute atomic E-state index is 0.0167. The van der Waals surface area contributed by atoms with Crippen molar-refractivity contribution in [1.82, 2.24) is 0 Å². The molecule has 0 saturated heterocycles. The molecule has 33 heavy (non-hydrogen) atoms. The molecule has 1 N–H and O–H groups in total. The summed E-state index contributed by atoms with van der Waals surface area (Å²) in [5.41, 5.74) is 1.69. The fourth-order valence-corrected chi connectivity index (χ4v) is 5.42. The van der Waals surface area contributed by atoms with Crippen molar-refractivity contribution in [2.24, 2.45) is 5.92 Å². The van der Waals surface area contributed by atoms with Gasteiger partial charge < -0.3 is 14.6 Å². The van der Waals surface area contributed by atoms with Crippen LogP contribution in [-0.2, 0) is 11.3 Å².